The van der Waals surface area contributed by atoms with E-state index in [0.717, 1.165) is 44.6 Å². The van der Waals surface area contributed by atoms with Gasteiger partial charge < -0.3 is 10.0 Å². The van der Waals surface area contributed by atoms with Crippen LogP contribution in [0.5, 0.6) is 0 Å². The zero-order chi connectivity index (χ0) is 16.9. The average Bonchev–Trinajstić information content (AvgIpc) is 2.63. The summed E-state index contributed by atoms with van der Waals surface area (Å²) in [5, 5.41) is 9.28. The topological polar surface area (TPSA) is 73.7 Å². The number of nitrogens with zero attached hydrogens (tertiary/aromatic N) is 3. The van der Waals surface area contributed by atoms with E-state index in [-0.39, 0.29) is 5.56 Å². The van der Waals surface area contributed by atoms with Crippen LogP contribution >= 0.6 is 0 Å². The number of aldehydes is 1. The molecule has 0 spiro atoms. The Kier molecular flexibility index (Phi) is 4.86. The number of carbonyl (C=O) groups is 2. The van der Waals surface area contributed by atoms with Crippen molar-refractivity contribution >= 4 is 18.1 Å². The number of anilines is 1. The van der Waals surface area contributed by atoms with Gasteiger partial charge >= 0.3 is 5.97 Å². The molecule has 1 aromatic carbocycles. The van der Waals surface area contributed by atoms with Crippen LogP contribution in [0.2, 0.25) is 0 Å². The standard InChI is InChI=1S/C18H19N3O3/c22-13-15-5-3-14(4-6-15)12-20-8-10-21(11-9-20)17-16(18(23)24)2-1-7-19-17/h1-7,13H,8-12H2,(H,23,24). The number of aromatic carboxylic acids is 1. The highest BCUT2D eigenvalue weighted by Crippen LogP contribution is 2.19. The highest BCUT2D eigenvalue weighted by Gasteiger charge is 2.22. The first-order valence-electron chi connectivity index (χ1n) is 7.87. The molecule has 1 aliphatic heterocycles. The van der Waals surface area contributed by atoms with Crippen molar-refractivity contribution in [1.82, 2.24) is 9.88 Å². The summed E-state index contributed by atoms with van der Waals surface area (Å²) in [5.74, 6) is -0.407. The van der Waals surface area contributed by atoms with E-state index in [1.807, 2.05) is 29.2 Å². The number of carboxylic acids is 1. The predicted molar refractivity (Wildman–Crippen MR) is 90.5 cm³/mol. The van der Waals surface area contributed by atoms with Gasteiger partial charge in [0.1, 0.15) is 17.7 Å². The summed E-state index contributed by atoms with van der Waals surface area (Å²) in [4.78, 5) is 30.6. The first-order valence-corrected chi connectivity index (χ1v) is 7.87. The maximum absolute atomic E-state index is 11.3. The van der Waals surface area contributed by atoms with Crippen molar-refractivity contribution in [3.05, 3.63) is 59.3 Å². The Morgan fingerprint density at radius 3 is 2.46 bits per heavy atom. The lowest BCUT2D eigenvalue weighted by Crippen LogP contribution is -2.46. The Balaban J connectivity index is 1.61. The minimum atomic E-state index is -0.948. The number of piperazine rings is 1. The Morgan fingerprint density at radius 2 is 1.83 bits per heavy atom. The second-order valence-corrected chi connectivity index (χ2v) is 5.80. The molecule has 6 heteroatoms. The molecule has 0 atom stereocenters. The monoisotopic (exact) mass is 325 g/mol. The van der Waals surface area contributed by atoms with Crippen molar-refractivity contribution in [3.8, 4) is 0 Å². The molecule has 0 aliphatic carbocycles. The zero-order valence-corrected chi connectivity index (χ0v) is 13.3. The maximum atomic E-state index is 11.3. The number of carboxylic acid groups (broad SMARTS) is 1. The lowest BCUT2D eigenvalue weighted by Gasteiger charge is -2.35. The van der Waals surface area contributed by atoms with Crippen molar-refractivity contribution in [2.45, 2.75) is 6.54 Å². The first kappa shape index (κ1) is 16.1. The van der Waals surface area contributed by atoms with Gasteiger partial charge in [0.05, 0.1) is 0 Å². The fraction of sp³-hybridized carbons (Fsp3) is 0.278. The molecule has 2 heterocycles. The Morgan fingerprint density at radius 1 is 1.12 bits per heavy atom. The van der Waals surface area contributed by atoms with Crippen LogP contribution < -0.4 is 4.90 Å². The van der Waals surface area contributed by atoms with Crippen LogP contribution in [0, 0.1) is 0 Å². The summed E-state index contributed by atoms with van der Waals surface area (Å²) in [6.07, 6.45) is 2.47. The van der Waals surface area contributed by atoms with E-state index in [0.29, 0.717) is 11.4 Å². The van der Waals surface area contributed by atoms with Gasteiger partial charge in [0.25, 0.3) is 0 Å². The van der Waals surface area contributed by atoms with Crippen molar-refractivity contribution in [2.24, 2.45) is 0 Å². The molecule has 1 N–H and O–H groups in total. The number of hydrogen-bond acceptors (Lipinski definition) is 5. The fourth-order valence-corrected chi connectivity index (χ4v) is 2.89. The lowest BCUT2D eigenvalue weighted by molar-refractivity contribution is 0.0696. The highest BCUT2D eigenvalue weighted by atomic mass is 16.4. The lowest BCUT2D eigenvalue weighted by atomic mass is 10.1. The average molecular weight is 325 g/mol. The van der Waals surface area contributed by atoms with Crippen LogP contribution in [0.3, 0.4) is 0 Å². The zero-order valence-electron chi connectivity index (χ0n) is 13.3. The molecule has 1 aromatic heterocycles. The van der Waals surface area contributed by atoms with Gasteiger partial charge in [0, 0.05) is 44.5 Å². The SMILES string of the molecule is O=Cc1ccc(CN2CCN(c3ncccc3C(=O)O)CC2)cc1. The van der Waals surface area contributed by atoms with E-state index in [2.05, 4.69) is 9.88 Å². The normalized spacial score (nSPS) is 15.2. The van der Waals surface area contributed by atoms with E-state index in [1.165, 1.54) is 0 Å². The van der Waals surface area contributed by atoms with Crippen LogP contribution in [0.15, 0.2) is 42.6 Å². The second-order valence-electron chi connectivity index (χ2n) is 5.80. The van der Waals surface area contributed by atoms with Gasteiger partial charge in [-0.1, -0.05) is 24.3 Å². The number of hydrogen-bond donors (Lipinski definition) is 1. The molecule has 2 aromatic rings. The molecule has 0 radical (unpaired) electrons. The second kappa shape index (κ2) is 7.23. The molecule has 124 valence electrons. The number of carbonyl (C=O) groups excluding carboxylic acids is 1. The van der Waals surface area contributed by atoms with E-state index >= 15 is 0 Å². The van der Waals surface area contributed by atoms with Gasteiger partial charge in [0.15, 0.2) is 0 Å². The van der Waals surface area contributed by atoms with Crippen LogP contribution in [0.25, 0.3) is 0 Å². The maximum Gasteiger partial charge on any atom is 0.339 e. The third kappa shape index (κ3) is 3.60. The summed E-state index contributed by atoms with van der Waals surface area (Å²) < 4.78 is 0. The molecular formula is C18H19N3O3. The molecular weight excluding hydrogens is 306 g/mol. The summed E-state index contributed by atoms with van der Waals surface area (Å²) in [6, 6.07) is 10.8. The Labute approximate surface area is 140 Å². The van der Waals surface area contributed by atoms with E-state index in [4.69, 9.17) is 0 Å². The summed E-state index contributed by atoms with van der Waals surface area (Å²) in [5.41, 5.74) is 2.09. The van der Waals surface area contributed by atoms with Crippen molar-refractivity contribution in [3.63, 3.8) is 0 Å². The molecule has 0 saturated carbocycles. The summed E-state index contributed by atoms with van der Waals surface area (Å²) in [6.45, 7) is 3.98. The van der Waals surface area contributed by atoms with Crippen LogP contribution in [-0.2, 0) is 6.54 Å². The van der Waals surface area contributed by atoms with Gasteiger partial charge in [-0.25, -0.2) is 9.78 Å². The third-order valence-corrected chi connectivity index (χ3v) is 4.21. The molecule has 0 bridgehead atoms. The smallest absolute Gasteiger partial charge is 0.339 e. The van der Waals surface area contributed by atoms with Crippen LogP contribution in [-0.4, -0.2) is 53.4 Å². The van der Waals surface area contributed by atoms with E-state index in [1.54, 1.807) is 18.3 Å². The fourth-order valence-electron chi connectivity index (χ4n) is 2.89. The number of rotatable bonds is 5. The van der Waals surface area contributed by atoms with Gasteiger partial charge in [-0.2, -0.15) is 0 Å². The van der Waals surface area contributed by atoms with Gasteiger partial charge in [-0.3, -0.25) is 9.69 Å². The molecule has 1 saturated heterocycles. The number of aromatic nitrogens is 1. The number of pyridine rings is 1. The molecule has 24 heavy (non-hydrogen) atoms. The summed E-state index contributed by atoms with van der Waals surface area (Å²) >= 11 is 0. The van der Waals surface area contributed by atoms with Gasteiger partial charge in [-0.15, -0.1) is 0 Å². The van der Waals surface area contributed by atoms with E-state index in [9.17, 15) is 14.7 Å². The quantitative estimate of drug-likeness (QED) is 0.847. The minimum absolute atomic E-state index is 0.246. The number of benzene rings is 1. The van der Waals surface area contributed by atoms with Crippen molar-refractivity contribution < 1.29 is 14.7 Å². The molecule has 1 fully saturated rings. The highest BCUT2D eigenvalue weighted by molar-refractivity contribution is 5.93. The largest absolute Gasteiger partial charge is 0.478 e. The van der Waals surface area contributed by atoms with E-state index < -0.39 is 5.97 Å². The van der Waals surface area contributed by atoms with Crippen LogP contribution in [0.4, 0.5) is 5.82 Å². The third-order valence-electron chi connectivity index (χ3n) is 4.21. The predicted octanol–water partition coefficient (Wildman–Crippen LogP) is 1.91. The first-order chi connectivity index (χ1) is 11.7. The van der Waals surface area contributed by atoms with Crippen LogP contribution in [0.1, 0.15) is 26.3 Å². The molecule has 3 rings (SSSR count). The molecule has 0 unspecified atom stereocenters. The Hall–Kier alpha value is -2.73. The summed E-state index contributed by atoms with van der Waals surface area (Å²) in [7, 11) is 0. The molecule has 1 aliphatic rings. The van der Waals surface area contributed by atoms with Crippen molar-refractivity contribution in [1.29, 1.82) is 0 Å². The van der Waals surface area contributed by atoms with Crippen molar-refractivity contribution in [2.75, 3.05) is 31.1 Å². The van der Waals surface area contributed by atoms with Gasteiger partial charge in [0.2, 0.25) is 0 Å². The molecule has 0 amide bonds. The molecule has 6 nitrogen and oxygen atoms in total. The Bertz CT molecular complexity index is 723. The minimum Gasteiger partial charge on any atom is -0.478 e. The van der Waals surface area contributed by atoms with Gasteiger partial charge in [-0.05, 0) is 17.7 Å².